The van der Waals surface area contributed by atoms with Crippen molar-refractivity contribution in [2.24, 2.45) is 0 Å². The number of benzene rings is 2. The molecule has 6 nitrogen and oxygen atoms in total. The van der Waals surface area contributed by atoms with Crippen molar-refractivity contribution >= 4 is 11.6 Å². The largest absolute Gasteiger partial charge is 0.438 e. The maximum Gasteiger partial charge on any atom is 0.237 e. The first-order valence-corrected chi connectivity index (χ1v) is 9.49. The Labute approximate surface area is 168 Å². The van der Waals surface area contributed by atoms with Crippen LogP contribution in [0.15, 0.2) is 66.9 Å². The SMILES string of the molecule is N#Cc1cccnc1Oc1ccc([C@@H]2NCC[C@@]23C(=O)Nc2ccccc23)cc1. The number of rotatable bonds is 3. The van der Waals surface area contributed by atoms with Gasteiger partial charge in [-0.25, -0.2) is 4.98 Å². The molecule has 0 aliphatic carbocycles. The number of ether oxygens (including phenoxy) is 1. The number of nitriles is 1. The summed E-state index contributed by atoms with van der Waals surface area (Å²) in [6, 6.07) is 20.8. The lowest BCUT2D eigenvalue weighted by Crippen LogP contribution is -2.39. The molecule has 2 aromatic carbocycles. The second kappa shape index (κ2) is 6.73. The highest BCUT2D eigenvalue weighted by atomic mass is 16.5. The van der Waals surface area contributed by atoms with Crippen LogP contribution >= 0.6 is 0 Å². The number of amides is 1. The zero-order chi connectivity index (χ0) is 19.8. The van der Waals surface area contributed by atoms with E-state index in [0.717, 1.165) is 29.8 Å². The standard InChI is InChI=1S/C23H18N4O2/c24-14-16-4-3-12-26-21(16)29-17-9-7-15(8-10-17)20-23(11-13-25-20)18-5-1-2-6-19(18)27-22(23)28/h1-10,12,20,25H,11,13H2,(H,27,28)/t20-,23-/m0/s1. The summed E-state index contributed by atoms with van der Waals surface area (Å²) in [5, 5.41) is 15.7. The van der Waals surface area contributed by atoms with Gasteiger partial charge in [0.25, 0.3) is 0 Å². The number of carbonyl (C=O) groups is 1. The van der Waals surface area contributed by atoms with Gasteiger partial charge < -0.3 is 15.4 Å². The van der Waals surface area contributed by atoms with Crippen LogP contribution in [0.2, 0.25) is 0 Å². The van der Waals surface area contributed by atoms with Gasteiger partial charge >= 0.3 is 0 Å². The highest BCUT2D eigenvalue weighted by Crippen LogP contribution is 2.51. The van der Waals surface area contributed by atoms with Gasteiger partial charge in [-0.05, 0) is 54.4 Å². The van der Waals surface area contributed by atoms with E-state index >= 15 is 0 Å². The summed E-state index contributed by atoms with van der Waals surface area (Å²) in [6.07, 6.45) is 2.34. The molecule has 142 valence electrons. The molecule has 1 saturated heterocycles. The molecule has 3 aromatic rings. The van der Waals surface area contributed by atoms with Crippen LogP contribution in [0, 0.1) is 11.3 Å². The molecular formula is C23H18N4O2. The number of fused-ring (bicyclic) bond motifs is 2. The van der Waals surface area contributed by atoms with Crippen molar-refractivity contribution in [3.05, 3.63) is 83.6 Å². The maximum atomic E-state index is 13.0. The third kappa shape index (κ3) is 2.67. The van der Waals surface area contributed by atoms with E-state index in [0.29, 0.717) is 11.3 Å². The minimum atomic E-state index is -0.603. The minimum absolute atomic E-state index is 0.0428. The molecular weight excluding hydrogens is 364 g/mol. The molecule has 1 amide bonds. The molecule has 0 radical (unpaired) electrons. The third-order valence-electron chi connectivity index (χ3n) is 5.74. The predicted molar refractivity (Wildman–Crippen MR) is 108 cm³/mol. The van der Waals surface area contributed by atoms with E-state index in [9.17, 15) is 10.1 Å². The monoisotopic (exact) mass is 382 g/mol. The molecule has 2 aliphatic heterocycles. The maximum absolute atomic E-state index is 13.0. The van der Waals surface area contributed by atoms with Crippen LogP contribution in [0.5, 0.6) is 11.6 Å². The van der Waals surface area contributed by atoms with E-state index in [4.69, 9.17) is 4.74 Å². The Kier molecular flexibility index (Phi) is 4.04. The van der Waals surface area contributed by atoms with Gasteiger partial charge in [0.2, 0.25) is 11.8 Å². The average Bonchev–Trinajstić information content (AvgIpc) is 3.32. The van der Waals surface area contributed by atoms with Crippen LogP contribution in [0.1, 0.15) is 29.2 Å². The summed E-state index contributed by atoms with van der Waals surface area (Å²) in [7, 11) is 0. The first-order chi connectivity index (χ1) is 14.2. The molecule has 0 unspecified atom stereocenters. The van der Waals surface area contributed by atoms with E-state index in [1.165, 1.54) is 0 Å². The summed E-state index contributed by atoms with van der Waals surface area (Å²) in [5.41, 5.74) is 2.74. The highest BCUT2D eigenvalue weighted by Gasteiger charge is 2.55. The lowest BCUT2D eigenvalue weighted by atomic mass is 9.73. The second-order valence-electron chi connectivity index (χ2n) is 7.25. The molecule has 1 spiro atoms. The van der Waals surface area contributed by atoms with Gasteiger partial charge in [0, 0.05) is 11.9 Å². The van der Waals surface area contributed by atoms with E-state index < -0.39 is 5.41 Å². The Morgan fingerprint density at radius 1 is 1.10 bits per heavy atom. The van der Waals surface area contributed by atoms with Crippen molar-refractivity contribution in [3.63, 3.8) is 0 Å². The lowest BCUT2D eigenvalue weighted by molar-refractivity contribution is -0.121. The number of anilines is 1. The molecule has 2 aliphatic rings. The number of pyridine rings is 1. The predicted octanol–water partition coefficient (Wildman–Crippen LogP) is 3.67. The number of nitrogens with zero attached hydrogens (tertiary/aromatic N) is 2. The quantitative estimate of drug-likeness (QED) is 0.722. The molecule has 29 heavy (non-hydrogen) atoms. The smallest absolute Gasteiger partial charge is 0.237 e. The number of para-hydroxylation sites is 1. The molecule has 0 saturated carbocycles. The first-order valence-electron chi connectivity index (χ1n) is 9.49. The Morgan fingerprint density at radius 2 is 1.93 bits per heavy atom. The first kappa shape index (κ1) is 17.4. The van der Waals surface area contributed by atoms with Crippen LogP contribution in [0.25, 0.3) is 0 Å². The van der Waals surface area contributed by atoms with Crippen molar-refractivity contribution in [2.75, 3.05) is 11.9 Å². The van der Waals surface area contributed by atoms with E-state index in [1.807, 2.05) is 48.5 Å². The van der Waals surface area contributed by atoms with Crippen LogP contribution < -0.4 is 15.4 Å². The topological polar surface area (TPSA) is 87.0 Å². The summed E-state index contributed by atoms with van der Waals surface area (Å²) in [4.78, 5) is 17.1. The molecule has 0 bridgehead atoms. The van der Waals surface area contributed by atoms with E-state index in [2.05, 4.69) is 21.7 Å². The fraction of sp³-hybridized carbons (Fsp3) is 0.174. The van der Waals surface area contributed by atoms with Crippen LogP contribution in [-0.2, 0) is 10.2 Å². The summed E-state index contributed by atoms with van der Waals surface area (Å²) < 4.78 is 5.78. The summed E-state index contributed by atoms with van der Waals surface area (Å²) >= 11 is 0. The molecule has 2 atom stereocenters. The lowest BCUT2D eigenvalue weighted by Gasteiger charge is -2.29. The second-order valence-corrected chi connectivity index (χ2v) is 7.25. The number of hydrogen-bond donors (Lipinski definition) is 2. The van der Waals surface area contributed by atoms with E-state index in [-0.39, 0.29) is 17.8 Å². The normalized spacial score (nSPS) is 22.2. The fourth-order valence-corrected chi connectivity index (χ4v) is 4.40. The zero-order valence-electron chi connectivity index (χ0n) is 15.6. The van der Waals surface area contributed by atoms with Crippen molar-refractivity contribution in [3.8, 4) is 17.7 Å². The summed E-state index contributed by atoms with van der Waals surface area (Å²) in [6.45, 7) is 0.768. The van der Waals surface area contributed by atoms with Crippen molar-refractivity contribution in [1.29, 1.82) is 5.26 Å². The Balaban J connectivity index is 1.46. The highest BCUT2D eigenvalue weighted by molar-refractivity contribution is 6.07. The summed E-state index contributed by atoms with van der Waals surface area (Å²) in [5.74, 6) is 0.913. The van der Waals surface area contributed by atoms with Gasteiger partial charge in [-0.3, -0.25) is 4.79 Å². The van der Waals surface area contributed by atoms with Gasteiger partial charge in [-0.15, -0.1) is 0 Å². The van der Waals surface area contributed by atoms with Gasteiger partial charge in [-0.1, -0.05) is 30.3 Å². The van der Waals surface area contributed by atoms with Crippen molar-refractivity contribution in [2.45, 2.75) is 17.9 Å². The molecule has 1 aromatic heterocycles. The van der Waals surface area contributed by atoms with Gasteiger partial charge in [-0.2, -0.15) is 5.26 Å². The number of nitrogens with one attached hydrogen (secondary N) is 2. The molecule has 1 fully saturated rings. The molecule has 2 N–H and O–H groups in total. The van der Waals surface area contributed by atoms with Crippen molar-refractivity contribution in [1.82, 2.24) is 10.3 Å². The van der Waals surface area contributed by atoms with Crippen LogP contribution in [0.3, 0.4) is 0 Å². The molecule has 5 rings (SSSR count). The minimum Gasteiger partial charge on any atom is -0.438 e. The van der Waals surface area contributed by atoms with Crippen LogP contribution in [0.4, 0.5) is 5.69 Å². The Bertz CT molecular complexity index is 1140. The number of hydrogen-bond acceptors (Lipinski definition) is 5. The van der Waals surface area contributed by atoms with Gasteiger partial charge in [0.15, 0.2) is 0 Å². The molecule has 6 heteroatoms. The fourth-order valence-electron chi connectivity index (χ4n) is 4.40. The van der Waals surface area contributed by atoms with E-state index in [1.54, 1.807) is 18.3 Å². The van der Waals surface area contributed by atoms with Gasteiger partial charge in [0.05, 0.1) is 11.5 Å². The number of carbonyl (C=O) groups excluding carboxylic acids is 1. The average molecular weight is 382 g/mol. The third-order valence-corrected chi connectivity index (χ3v) is 5.74. The van der Waals surface area contributed by atoms with Gasteiger partial charge in [0.1, 0.15) is 17.4 Å². The van der Waals surface area contributed by atoms with Crippen molar-refractivity contribution < 1.29 is 9.53 Å². The Hall–Kier alpha value is -3.69. The molecule has 3 heterocycles. The zero-order valence-corrected chi connectivity index (χ0v) is 15.6. The number of aromatic nitrogens is 1. The van der Waals surface area contributed by atoms with Crippen LogP contribution in [-0.4, -0.2) is 17.4 Å². The Morgan fingerprint density at radius 3 is 2.76 bits per heavy atom.